The Morgan fingerprint density at radius 3 is 3.00 bits per heavy atom. The summed E-state index contributed by atoms with van der Waals surface area (Å²) in [5, 5.41) is 13.5. The van der Waals surface area contributed by atoms with E-state index in [1.54, 1.807) is 0 Å². The predicted molar refractivity (Wildman–Crippen MR) is 68.5 cm³/mol. The van der Waals surface area contributed by atoms with Crippen LogP contribution in [0.3, 0.4) is 0 Å². The zero-order valence-corrected chi connectivity index (χ0v) is 9.46. The third-order valence-corrected chi connectivity index (χ3v) is 3.24. The van der Waals surface area contributed by atoms with Crippen LogP contribution in [0.1, 0.15) is 17.5 Å². The average molecular weight is 223 g/mol. The van der Waals surface area contributed by atoms with Crippen LogP contribution in [0.2, 0.25) is 0 Å². The Balaban J connectivity index is 2.24. The van der Waals surface area contributed by atoms with Crippen LogP contribution in [-0.4, -0.2) is 18.1 Å². The van der Waals surface area contributed by atoms with Gasteiger partial charge in [0.15, 0.2) is 0 Å². The van der Waals surface area contributed by atoms with Crippen LogP contribution in [0.25, 0.3) is 16.5 Å². The highest BCUT2D eigenvalue weighted by molar-refractivity contribution is 5.96. The van der Waals surface area contributed by atoms with Gasteiger partial charge in [-0.2, -0.15) is 5.26 Å². The summed E-state index contributed by atoms with van der Waals surface area (Å²) in [6.07, 6.45) is 5.25. The SMILES string of the molecule is N#Cc1cccc2[nH]cc(C3=CCNCC3)c12. The van der Waals surface area contributed by atoms with Crippen LogP contribution in [0, 0.1) is 11.3 Å². The Labute approximate surface area is 99.8 Å². The maximum Gasteiger partial charge on any atom is 0.0998 e. The van der Waals surface area contributed by atoms with E-state index in [-0.39, 0.29) is 0 Å². The smallest absolute Gasteiger partial charge is 0.0998 e. The van der Waals surface area contributed by atoms with Gasteiger partial charge in [0.2, 0.25) is 0 Å². The lowest BCUT2D eigenvalue weighted by molar-refractivity contribution is 0.739. The van der Waals surface area contributed by atoms with Crippen LogP contribution >= 0.6 is 0 Å². The first-order valence-corrected chi connectivity index (χ1v) is 5.80. The van der Waals surface area contributed by atoms with E-state index >= 15 is 0 Å². The maximum absolute atomic E-state index is 9.18. The molecule has 3 nitrogen and oxygen atoms in total. The first kappa shape index (κ1) is 10.1. The van der Waals surface area contributed by atoms with Crippen molar-refractivity contribution in [3.8, 4) is 6.07 Å². The molecule has 2 aromatic rings. The van der Waals surface area contributed by atoms with Crippen LogP contribution < -0.4 is 5.32 Å². The Morgan fingerprint density at radius 1 is 1.29 bits per heavy atom. The fourth-order valence-electron chi connectivity index (χ4n) is 2.40. The quantitative estimate of drug-likeness (QED) is 0.780. The molecule has 0 atom stereocenters. The van der Waals surface area contributed by atoms with Crippen LogP contribution in [-0.2, 0) is 0 Å². The third-order valence-electron chi connectivity index (χ3n) is 3.24. The second-order valence-electron chi connectivity index (χ2n) is 4.23. The molecule has 0 bridgehead atoms. The minimum Gasteiger partial charge on any atom is -0.361 e. The molecule has 1 aromatic heterocycles. The number of nitrogens with zero attached hydrogens (tertiary/aromatic N) is 1. The predicted octanol–water partition coefficient (Wildman–Crippen LogP) is 2.42. The number of rotatable bonds is 1. The summed E-state index contributed by atoms with van der Waals surface area (Å²) in [7, 11) is 0. The van der Waals surface area contributed by atoms with Gasteiger partial charge in [-0.3, -0.25) is 0 Å². The highest BCUT2D eigenvalue weighted by Gasteiger charge is 2.13. The summed E-state index contributed by atoms with van der Waals surface area (Å²) < 4.78 is 0. The molecule has 1 aromatic carbocycles. The van der Waals surface area contributed by atoms with Crippen molar-refractivity contribution in [3.63, 3.8) is 0 Å². The van der Waals surface area contributed by atoms with Crippen LogP contribution in [0.5, 0.6) is 0 Å². The van der Waals surface area contributed by atoms with E-state index in [0.717, 1.165) is 36.0 Å². The van der Waals surface area contributed by atoms with Gasteiger partial charge in [-0.1, -0.05) is 12.1 Å². The maximum atomic E-state index is 9.18. The molecule has 3 heteroatoms. The van der Waals surface area contributed by atoms with Crippen LogP contribution in [0.15, 0.2) is 30.5 Å². The number of fused-ring (bicyclic) bond motifs is 1. The fraction of sp³-hybridized carbons (Fsp3) is 0.214. The summed E-state index contributed by atoms with van der Waals surface area (Å²) in [5.41, 5.74) is 4.30. The molecule has 2 heterocycles. The number of hydrogen-bond acceptors (Lipinski definition) is 2. The minimum absolute atomic E-state index is 0.748. The van der Waals surface area contributed by atoms with E-state index in [1.807, 2.05) is 24.4 Å². The summed E-state index contributed by atoms with van der Waals surface area (Å²) in [6, 6.07) is 8.08. The van der Waals surface area contributed by atoms with Gasteiger partial charge in [0.25, 0.3) is 0 Å². The van der Waals surface area contributed by atoms with E-state index < -0.39 is 0 Å². The van der Waals surface area contributed by atoms with E-state index in [0.29, 0.717) is 0 Å². The molecule has 1 aliphatic heterocycles. The molecule has 0 spiro atoms. The number of aromatic amines is 1. The monoisotopic (exact) mass is 223 g/mol. The lowest BCUT2D eigenvalue weighted by Gasteiger charge is -2.13. The molecular formula is C14H13N3. The van der Waals surface area contributed by atoms with Gasteiger partial charge in [0.05, 0.1) is 11.6 Å². The number of aromatic nitrogens is 1. The van der Waals surface area contributed by atoms with Gasteiger partial charge >= 0.3 is 0 Å². The molecule has 0 saturated heterocycles. The van der Waals surface area contributed by atoms with E-state index in [4.69, 9.17) is 0 Å². The highest BCUT2D eigenvalue weighted by Crippen LogP contribution is 2.30. The minimum atomic E-state index is 0.748. The van der Waals surface area contributed by atoms with Crippen molar-refractivity contribution in [3.05, 3.63) is 41.6 Å². The summed E-state index contributed by atoms with van der Waals surface area (Å²) >= 11 is 0. The molecule has 0 amide bonds. The van der Waals surface area contributed by atoms with Crippen molar-refractivity contribution >= 4 is 16.5 Å². The molecule has 2 N–H and O–H groups in total. The highest BCUT2D eigenvalue weighted by atomic mass is 14.8. The molecule has 1 aliphatic rings. The number of nitriles is 1. The Bertz CT molecular complexity index is 628. The lowest BCUT2D eigenvalue weighted by Crippen LogP contribution is -2.19. The fourth-order valence-corrected chi connectivity index (χ4v) is 2.40. The van der Waals surface area contributed by atoms with Crippen molar-refractivity contribution in [2.24, 2.45) is 0 Å². The number of H-pyrrole nitrogens is 1. The molecule has 0 saturated carbocycles. The van der Waals surface area contributed by atoms with Crippen molar-refractivity contribution in [2.45, 2.75) is 6.42 Å². The van der Waals surface area contributed by atoms with E-state index in [9.17, 15) is 5.26 Å². The molecule has 0 unspecified atom stereocenters. The van der Waals surface area contributed by atoms with Gasteiger partial charge in [-0.05, 0) is 30.7 Å². The van der Waals surface area contributed by atoms with Crippen molar-refractivity contribution in [1.82, 2.24) is 10.3 Å². The van der Waals surface area contributed by atoms with Crippen molar-refractivity contribution in [2.75, 3.05) is 13.1 Å². The zero-order chi connectivity index (χ0) is 11.7. The summed E-state index contributed by atoms with van der Waals surface area (Å²) in [6.45, 7) is 1.92. The molecule has 0 radical (unpaired) electrons. The molecule has 0 aliphatic carbocycles. The normalized spacial score (nSPS) is 15.6. The Hall–Kier alpha value is -2.05. The van der Waals surface area contributed by atoms with Crippen LogP contribution in [0.4, 0.5) is 0 Å². The summed E-state index contributed by atoms with van der Waals surface area (Å²) in [5.74, 6) is 0. The average Bonchev–Trinajstić information content (AvgIpc) is 2.83. The van der Waals surface area contributed by atoms with Gasteiger partial charge in [0, 0.05) is 29.2 Å². The van der Waals surface area contributed by atoms with E-state index in [2.05, 4.69) is 22.4 Å². The number of benzene rings is 1. The Morgan fingerprint density at radius 2 is 2.24 bits per heavy atom. The third kappa shape index (κ3) is 1.63. The number of nitrogens with one attached hydrogen (secondary N) is 2. The molecular weight excluding hydrogens is 210 g/mol. The number of hydrogen-bond donors (Lipinski definition) is 2. The topological polar surface area (TPSA) is 51.6 Å². The van der Waals surface area contributed by atoms with Gasteiger partial charge in [0.1, 0.15) is 0 Å². The zero-order valence-electron chi connectivity index (χ0n) is 9.46. The van der Waals surface area contributed by atoms with Gasteiger partial charge in [-0.25, -0.2) is 0 Å². The first-order chi connectivity index (χ1) is 8.40. The second kappa shape index (κ2) is 4.08. The molecule has 3 rings (SSSR count). The Kier molecular flexibility index (Phi) is 2.43. The largest absolute Gasteiger partial charge is 0.361 e. The van der Waals surface area contributed by atoms with E-state index in [1.165, 1.54) is 11.1 Å². The molecule has 17 heavy (non-hydrogen) atoms. The van der Waals surface area contributed by atoms with Gasteiger partial charge in [-0.15, -0.1) is 0 Å². The standard InChI is InChI=1S/C14H13N3/c15-8-11-2-1-3-13-14(11)12(9-17-13)10-4-6-16-7-5-10/h1-4,9,16-17H,5-7H2. The molecule has 84 valence electrons. The molecule has 0 fully saturated rings. The lowest BCUT2D eigenvalue weighted by atomic mass is 9.97. The van der Waals surface area contributed by atoms with Gasteiger partial charge < -0.3 is 10.3 Å². The summed E-state index contributed by atoms with van der Waals surface area (Å²) in [4.78, 5) is 3.25. The van der Waals surface area contributed by atoms with Crippen molar-refractivity contribution in [1.29, 1.82) is 5.26 Å². The first-order valence-electron chi connectivity index (χ1n) is 5.80. The second-order valence-corrected chi connectivity index (χ2v) is 4.23. The van der Waals surface area contributed by atoms with Crippen molar-refractivity contribution < 1.29 is 0 Å².